The van der Waals surface area contributed by atoms with Gasteiger partial charge >= 0.3 is 0 Å². The van der Waals surface area contributed by atoms with E-state index in [1.165, 1.54) is 17.3 Å². The van der Waals surface area contributed by atoms with E-state index in [-0.39, 0.29) is 5.12 Å². The van der Waals surface area contributed by atoms with Gasteiger partial charge in [0.2, 0.25) is 5.12 Å². The summed E-state index contributed by atoms with van der Waals surface area (Å²) in [5, 5.41) is 8.16. The number of carbonyl (C=O) groups excluding carboxylic acids is 1. The zero-order chi connectivity index (χ0) is 18.4. The second-order valence-electron chi connectivity index (χ2n) is 6.60. The van der Waals surface area contributed by atoms with Gasteiger partial charge in [0.25, 0.3) is 0 Å². The molecule has 0 bridgehead atoms. The van der Waals surface area contributed by atoms with Crippen LogP contribution < -0.4 is 10.1 Å². The summed E-state index contributed by atoms with van der Waals surface area (Å²) in [6.07, 6.45) is 0. The Morgan fingerprint density at radius 1 is 0.963 bits per heavy atom. The molecule has 27 heavy (non-hydrogen) atoms. The molecular formula is C23H17NO2S. The minimum Gasteiger partial charge on any atom is -0.497 e. The Kier molecular flexibility index (Phi) is 3.80. The molecule has 0 amide bonds. The number of benzene rings is 4. The van der Waals surface area contributed by atoms with Crippen LogP contribution in [0.5, 0.6) is 5.75 Å². The van der Waals surface area contributed by atoms with Gasteiger partial charge in [-0.15, -0.1) is 0 Å². The largest absolute Gasteiger partial charge is 0.497 e. The molecule has 0 aromatic heterocycles. The summed E-state index contributed by atoms with van der Waals surface area (Å²) in [5.74, 6) is 0.853. The van der Waals surface area contributed by atoms with Crippen molar-refractivity contribution >= 4 is 44.1 Å². The van der Waals surface area contributed by atoms with E-state index in [1.807, 2.05) is 36.4 Å². The number of methoxy groups -OCH3 is 1. The molecule has 5 rings (SSSR count). The molecule has 3 nitrogen and oxygen atoms in total. The Labute approximate surface area is 161 Å². The summed E-state index contributed by atoms with van der Waals surface area (Å²) in [7, 11) is 1.67. The summed E-state index contributed by atoms with van der Waals surface area (Å²) in [6.45, 7) is 0.710. The van der Waals surface area contributed by atoms with Gasteiger partial charge in [-0.05, 0) is 58.4 Å². The molecule has 4 aromatic rings. The molecule has 4 aromatic carbocycles. The van der Waals surface area contributed by atoms with Crippen molar-refractivity contribution in [1.82, 2.24) is 0 Å². The molecule has 0 spiro atoms. The van der Waals surface area contributed by atoms with Crippen molar-refractivity contribution in [3.05, 3.63) is 77.9 Å². The van der Waals surface area contributed by atoms with Crippen LogP contribution >= 0.6 is 11.8 Å². The molecule has 0 atom stereocenters. The minimum absolute atomic E-state index is 0.132. The van der Waals surface area contributed by atoms with Crippen LogP contribution in [0.1, 0.15) is 15.9 Å². The highest BCUT2D eigenvalue weighted by atomic mass is 32.2. The first-order valence-corrected chi connectivity index (χ1v) is 9.64. The van der Waals surface area contributed by atoms with Crippen LogP contribution in [0, 0.1) is 0 Å². The van der Waals surface area contributed by atoms with Crippen LogP contribution in [0.4, 0.5) is 5.69 Å². The summed E-state index contributed by atoms with van der Waals surface area (Å²) in [4.78, 5) is 13.6. The minimum atomic E-state index is 0.132. The summed E-state index contributed by atoms with van der Waals surface area (Å²) in [5.41, 5.74) is 3.03. The highest BCUT2D eigenvalue weighted by Crippen LogP contribution is 2.46. The molecule has 0 fully saturated rings. The molecule has 4 heteroatoms. The van der Waals surface area contributed by atoms with Crippen molar-refractivity contribution in [3.8, 4) is 5.75 Å². The third kappa shape index (κ3) is 2.64. The van der Waals surface area contributed by atoms with Gasteiger partial charge in [-0.1, -0.05) is 36.4 Å². The lowest BCUT2D eigenvalue weighted by Crippen LogP contribution is -2.01. The zero-order valence-corrected chi connectivity index (χ0v) is 15.6. The van der Waals surface area contributed by atoms with Gasteiger partial charge in [-0.3, -0.25) is 4.79 Å². The van der Waals surface area contributed by atoms with Crippen LogP contribution in [-0.2, 0) is 6.54 Å². The molecule has 1 heterocycles. The maximum absolute atomic E-state index is 12.5. The molecule has 132 valence electrons. The van der Waals surface area contributed by atoms with Crippen LogP contribution in [0.3, 0.4) is 0 Å². The topological polar surface area (TPSA) is 38.3 Å². The maximum atomic E-state index is 12.5. The van der Waals surface area contributed by atoms with Gasteiger partial charge in [0, 0.05) is 33.5 Å². The van der Waals surface area contributed by atoms with E-state index in [4.69, 9.17) is 4.74 Å². The normalized spacial score (nSPS) is 12.7. The van der Waals surface area contributed by atoms with Gasteiger partial charge in [-0.2, -0.15) is 0 Å². The highest BCUT2D eigenvalue weighted by Gasteiger charge is 2.26. The Morgan fingerprint density at radius 2 is 1.78 bits per heavy atom. The number of thioether (sulfide) groups is 1. The van der Waals surface area contributed by atoms with Crippen molar-refractivity contribution in [2.75, 3.05) is 12.4 Å². The first-order chi connectivity index (χ1) is 13.2. The molecule has 1 aliphatic heterocycles. The third-order valence-corrected chi connectivity index (χ3v) is 6.07. The number of anilines is 1. The molecule has 0 saturated carbocycles. The fraction of sp³-hybridized carbons (Fsp3) is 0.0870. The zero-order valence-electron chi connectivity index (χ0n) is 14.8. The van der Waals surface area contributed by atoms with Crippen molar-refractivity contribution < 1.29 is 9.53 Å². The molecule has 1 aliphatic rings. The number of rotatable bonds is 4. The fourth-order valence-electron chi connectivity index (χ4n) is 3.65. The van der Waals surface area contributed by atoms with E-state index in [0.29, 0.717) is 6.54 Å². The monoisotopic (exact) mass is 371 g/mol. The maximum Gasteiger partial charge on any atom is 0.224 e. The lowest BCUT2D eigenvalue weighted by Gasteiger charge is -2.13. The number of ether oxygens (including phenoxy) is 1. The Hall–Kier alpha value is -2.98. The molecular weight excluding hydrogens is 354 g/mol. The second-order valence-corrected chi connectivity index (χ2v) is 7.58. The Balaban J connectivity index is 1.60. The average Bonchev–Trinajstić information content (AvgIpc) is 3.05. The molecule has 0 aliphatic carbocycles. The summed E-state index contributed by atoms with van der Waals surface area (Å²) >= 11 is 1.35. The first kappa shape index (κ1) is 16.2. The van der Waals surface area contributed by atoms with Crippen molar-refractivity contribution in [1.29, 1.82) is 0 Å². The van der Waals surface area contributed by atoms with Gasteiger partial charge in [0.05, 0.1) is 7.11 Å². The van der Waals surface area contributed by atoms with Crippen LogP contribution in [0.25, 0.3) is 21.5 Å². The summed E-state index contributed by atoms with van der Waals surface area (Å²) in [6, 6.07) is 22.5. The molecule has 0 radical (unpaired) electrons. The van der Waals surface area contributed by atoms with E-state index in [2.05, 4.69) is 35.6 Å². The number of hydrogen-bond acceptors (Lipinski definition) is 4. The fourth-order valence-corrected chi connectivity index (χ4v) is 4.74. The first-order valence-electron chi connectivity index (χ1n) is 8.82. The van der Waals surface area contributed by atoms with E-state index >= 15 is 0 Å². The molecule has 0 unspecified atom stereocenters. The quantitative estimate of drug-likeness (QED) is 0.456. The molecule has 0 saturated heterocycles. The van der Waals surface area contributed by atoms with E-state index in [9.17, 15) is 4.79 Å². The number of carbonyl (C=O) groups is 1. The predicted molar refractivity (Wildman–Crippen MR) is 112 cm³/mol. The van der Waals surface area contributed by atoms with Crippen molar-refractivity contribution in [2.24, 2.45) is 0 Å². The lowest BCUT2D eigenvalue weighted by atomic mass is 9.98. The third-order valence-electron chi connectivity index (χ3n) is 5.03. The van der Waals surface area contributed by atoms with E-state index in [0.717, 1.165) is 43.4 Å². The Bertz CT molecular complexity index is 1200. The van der Waals surface area contributed by atoms with Crippen molar-refractivity contribution in [3.63, 3.8) is 0 Å². The van der Waals surface area contributed by atoms with Gasteiger partial charge < -0.3 is 10.1 Å². The van der Waals surface area contributed by atoms with E-state index in [1.54, 1.807) is 7.11 Å². The van der Waals surface area contributed by atoms with Gasteiger partial charge in [-0.25, -0.2) is 0 Å². The van der Waals surface area contributed by atoms with Gasteiger partial charge in [0.1, 0.15) is 5.75 Å². The number of nitrogens with one attached hydrogen (secondary N) is 1. The predicted octanol–water partition coefficient (Wildman–Crippen LogP) is 5.86. The summed E-state index contributed by atoms with van der Waals surface area (Å²) < 4.78 is 5.22. The second kappa shape index (κ2) is 6.32. The number of fused-ring (bicyclic) bond motifs is 2. The Morgan fingerprint density at radius 3 is 2.59 bits per heavy atom. The smallest absolute Gasteiger partial charge is 0.224 e. The standard InChI is InChI=1S/C23H17NO2S/c1-26-16-8-6-14(7-9-16)13-24-20-11-10-18-21-19(20)12-15-4-2-3-5-17(15)22(21)27-23(18)25/h2-12,24H,13H2,1H3. The highest BCUT2D eigenvalue weighted by molar-refractivity contribution is 8.15. The van der Waals surface area contributed by atoms with E-state index < -0.39 is 0 Å². The van der Waals surface area contributed by atoms with Crippen molar-refractivity contribution in [2.45, 2.75) is 11.4 Å². The van der Waals surface area contributed by atoms with Gasteiger partial charge in [0.15, 0.2) is 0 Å². The van der Waals surface area contributed by atoms with Crippen LogP contribution in [0.2, 0.25) is 0 Å². The van der Waals surface area contributed by atoms with Crippen LogP contribution in [0.15, 0.2) is 71.6 Å². The average molecular weight is 371 g/mol. The molecule has 1 N–H and O–H groups in total. The lowest BCUT2D eigenvalue weighted by molar-refractivity contribution is 0.109. The SMILES string of the molecule is COc1ccc(CNc2ccc3c4c(c5ccccc5cc24)SC3=O)cc1. The number of hydrogen-bond donors (Lipinski definition) is 1. The van der Waals surface area contributed by atoms with Crippen LogP contribution in [-0.4, -0.2) is 12.2 Å².